The fourth-order valence-electron chi connectivity index (χ4n) is 1.92. The Bertz CT molecular complexity index is 903. The van der Waals surface area contributed by atoms with Gasteiger partial charge in [-0.3, -0.25) is 4.79 Å². The van der Waals surface area contributed by atoms with Crippen molar-refractivity contribution < 1.29 is 5.11 Å². The van der Waals surface area contributed by atoms with E-state index < -0.39 is 11.4 Å². The Morgan fingerprint density at radius 2 is 2.05 bits per heavy atom. The van der Waals surface area contributed by atoms with Crippen molar-refractivity contribution in [2.45, 2.75) is 0 Å². The van der Waals surface area contributed by atoms with Crippen LogP contribution in [-0.4, -0.2) is 19.7 Å². The maximum Gasteiger partial charge on any atom is 0.275 e. The van der Waals surface area contributed by atoms with Gasteiger partial charge in [-0.2, -0.15) is 9.78 Å². The minimum atomic E-state index is -0.478. The minimum absolute atomic E-state index is 0.0714. The van der Waals surface area contributed by atoms with Crippen LogP contribution < -0.4 is 5.56 Å². The zero-order valence-corrected chi connectivity index (χ0v) is 10.7. The largest absolute Gasteiger partial charge is 0.491 e. The number of nitrogens with zero attached hydrogens (tertiary/aromatic N) is 3. The normalized spacial score (nSPS) is 10.6. The third-order valence-corrected chi connectivity index (χ3v) is 3.12. The Morgan fingerprint density at radius 3 is 2.70 bits per heavy atom. The lowest BCUT2D eigenvalue weighted by Gasteiger charge is -2.02. The quantitative estimate of drug-likeness (QED) is 0.714. The molecule has 0 aliphatic heterocycles. The van der Waals surface area contributed by atoms with Gasteiger partial charge in [-0.25, -0.2) is 0 Å². The van der Waals surface area contributed by atoms with Crippen molar-refractivity contribution >= 4 is 17.2 Å². The molecule has 2 aromatic heterocycles. The van der Waals surface area contributed by atoms with Gasteiger partial charge in [-0.05, 0) is 17.7 Å². The molecule has 1 aromatic carbocycles. The van der Waals surface area contributed by atoms with Crippen molar-refractivity contribution in [3.63, 3.8) is 0 Å². The molecule has 0 bridgehead atoms. The zero-order valence-electron chi connectivity index (χ0n) is 9.96. The molecule has 2 heterocycles. The summed E-state index contributed by atoms with van der Waals surface area (Å²) in [6, 6.07) is 10.0. The van der Waals surface area contributed by atoms with Crippen LogP contribution >= 0.6 is 11.6 Å². The Balaban J connectivity index is 2.31. The number of halogens is 1. The highest BCUT2D eigenvalue weighted by Gasteiger charge is 2.15. The van der Waals surface area contributed by atoms with E-state index >= 15 is 0 Å². The van der Waals surface area contributed by atoms with Crippen LogP contribution in [0.25, 0.3) is 16.9 Å². The van der Waals surface area contributed by atoms with E-state index in [4.69, 9.17) is 16.9 Å². The smallest absolute Gasteiger partial charge is 0.275 e. The van der Waals surface area contributed by atoms with Gasteiger partial charge in [0.2, 0.25) is 0 Å². The van der Waals surface area contributed by atoms with Crippen LogP contribution in [0.5, 0.6) is 5.88 Å². The third-order valence-electron chi connectivity index (χ3n) is 2.86. The number of nitriles is 1. The molecule has 0 amide bonds. The summed E-state index contributed by atoms with van der Waals surface area (Å²) in [7, 11) is 0. The minimum Gasteiger partial charge on any atom is -0.491 e. The number of benzene rings is 1. The summed E-state index contributed by atoms with van der Waals surface area (Å²) in [6.07, 6.45) is 0. The van der Waals surface area contributed by atoms with E-state index in [1.165, 1.54) is 6.07 Å². The first-order valence-corrected chi connectivity index (χ1v) is 5.99. The van der Waals surface area contributed by atoms with Gasteiger partial charge < -0.3 is 10.1 Å². The number of fused-ring (bicyclic) bond motifs is 1. The average Bonchev–Trinajstić information content (AvgIpc) is 2.75. The summed E-state index contributed by atoms with van der Waals surface area (Å²) >= 11 is 5.81. The second-order valence-electron chi connectivity index (χ2n) is 4.10. The van der Waals surface area contributed by atoms with Gasteiger partial charge >= 0.3 is 0 Å². The topological polar surface area (TPSA) is 94.2 Å². The Morgan fingerprint density at radius 1 is 1.35 bits per heavy atom. The highest BCUT2D eigenvalue weighted by molar-refractivity contribution is 6.30. The van der Waals surface area contributed by atoms with Crippen LogP contribution in [0.15, 0.2) is 35.1 Å². The highest BCUT2D eigenvalue weighted by Crippen LogP contribution is 2.22. The molecule has 98 valence electrons. The number of aromatic hydroxyl groups is 1. The fourth-order valence-corrected chi connectivity index (χ4v) is 2.04. The predicted molar refractivity (Wildman–Crippen MR) is 72.6 cm³/mol. The molecule has 0 fully saturated rings. The summed E-state index contributed by atoms with van der Waals surface area (Å²) in [5.74, 6) is -0.478. The Kier molecular flexibility index (Phi) is 2.70. The monoisotopic (exact) mass is 286 g/mol. The van der Waals surface area contributed by atoms with Crippen molar-refractivity contribution in [3.8, 4) is 23.2 Å². The fraction of sp³-hybridized carbons (Fsp3) is 0. The number of aromatic amines is 1. The third kappa shape index (κ3) is 1.81. The molecular formula is C13H7ClN4O2. The van der Waals surface area contributed by atoms with Gasteiger partial charge in [-0.15, -0.1) is 5.10 Å². The van der Waals surface area contributed by atoms with Gasteiger partial charge in [0.05, 0.1) is 5.69 Å². The SMILES string of the molecule is N#Cc1c(O)nn2c(=O)cc(-c3ccc(Cl)cc3)[nH]c12. The van der Waals surface area contributed by atoms with E-state index in [1.807, 2.05) is 6.07 Å². The van der Waals surface area contributed by atoms with E-state index in [-0.39, 0.29) is 11.2 Å². The summed E-state index contributed by atoms with van der Waals surface area (Å²) in [6.45, 7) is 0. The molecule has 0 radical (unpaired) electrons. The van der Waals surface area contributed by atoms with Gasteiger partial charge in [-0.1, -0.05) is 23.7 Å². The molecule has 20 heavy (non-hydrogen) atoms. The van der Waals surface area contributed by atoms with E-state index in [1.54, 1.807) is 24.3 Å². The maximum atomic E-state index is 12.0. The lowest BCUT2D eigenvalue weighted by Crippen LogP contribution is -2.14. The summed E-state index contributed by atoms with van der Waals surface area (Å²) < 4.78 is 0.952. The van der Waals surface area contributed by atoms with Crippen LogP contribution in [0.1, 0.15) is 5.56 Å². The van der Waals surface area contributed by atoms with Crippen LogP contribution in [0.3, 0.4) is 0 Å². The van der Waals surface area contributed by atoms with E-state index in [0.717, 1.165) is 10.1 Å². The second-order valence-corrected chi connectivity index (χ2v) is 4.54. The summed E-state index contributed by atoms with van der Waals surface area (Å²) in [4.78, 5) is 14.9. The first-order valence-electron chi connectivity index (χ1n) is 5.61. The van der Waals surface area contributed by atoms with Gasteiger partial charge in [0.1, 0.15) is 6.07 Å². The molecule has 0 saturated heterocycles. The molecule has 3 aromatic rings. The number of hydrogen-bond acceptors (Lipinski definition) is 4. The second kappa shape index (κ2) is 4.40. The number of rotatable bonds is 1. The molecule has 0 spiro atoms. The molecule has 7 heteroatoms. The predicted octanol–water partition coefficient (Wildman–Crippen LogP) is 1.92. The van der Waals surface area contributed by atoms with E-state index in [2.05, 4.69) is 10.1 Å². The Hall–Kier alpha value is -2.78. The van der Waals surface area contributed by atoms with Crippen molar-refractivity contribution in [1.29, 1.82) is 5.26 Å². The van der Waals surface area contributed by atoms with Crippen LogP contribution in [0, 0.1) is 11.3 Å². The molecule has 6 nitrogen and oxygen atoms in total. The summed E-state index contributed by atoms with van der Waals surface area (Å²) in [5.41, 5.74) is 0.884. The van der Waals surface area contributed by atoms with Crippen molar-refractivity contribution in [2.24, 2.45) is 0 Å². The van der Waals surface area contributed by atoms with Gasteiger partial charge in [0.15, 0.2) is 11.2 Å². The number of nitrogens with one attached hydrogen (secondary N) is 1. The molecule has 0 unspecified atom stereocenters. The zero-order chi connectivity index (χ0) is 14.3. The lowest BCUT2D eigenvalue weighted by atomic mass is 10.1. The van der Waals surface area contributed by atoms with Crippen molar-refractivity contribution in [2.75, 3.05) is 0 Å². The van der Waals surface area contributed by atoms with Crippen LogP contribution in [-0.2, 0) is 0 Å². The summed E-state index contributed by atoms with van der Waals surface area (Å²) in [5, 5.41) is 22.7. The number of aromatic nitrogens is 3. The standard InChI is InChI=1S/C13H7ClN4O2/c14-8-3-1-7(2-4-8)10-5-11(19)18-12(16-10)9(6-15)13(20)17-18/h1-5,16H,(H,17,20). The number of hydrogen-bond donors (Lipinski definition) is 2. The van der Waals surface area contributed by atoms with Crippen LogP contribution in [0.2, 0.25) is 5.02 Å². The molecular weight excluding hydrogens is 280 g/mol. The molecule has 0 aliphatic carbocycles. The van der Waals surface area contributed by atoms with Crippen molar-refractivity contribution in [3.05, 3.63) is 51.3 Å². The molecule has 2 N–H and O–H groups in total. The van der Waals surface area contributed by atoms with E-state index in [0.29, 0.717) is 10.7 Å². The maximum absolute atomic E-state index is 12.0. The molecule has 0 aliphatic rings. The highest BCUT2D eigenvalue weighted by atomic mass is 35.5. The van der Waals surface area contributed by atoms with Gasteiger partial charge in [0.25, 0.3) is 11.4 Å². The number of H-pyrrole nitrogens is 1. The first kappa shape index (κ1) is 12.3. The molecule has 3 rings (SSSR count). The molecule has 0 atom stereocenters. The van der Waals surface area contributed by atoms with Crippen molar-refractivity contribution in [1.82, 2.24) is 14.6 Å². The average molecular weight is 287 g/mol. The first-order chi connectivity index (χ1) is 9.60. The van der Waals surface area contributed by atoms with Crippen LogP contribution in [0.4, 0.5) is 0 Å². The van der Waals surface area contributed by atoms with Gasteiger partial charge in [0, 0.05) is 11.1 Å². The lowest BCUT2D eigenvalue weighted by molar-refractivity contribution is 0.447. The molecule has 0 saturated carbocycles. The Labute approximate surface area is 117 Å². The van der Waals surface area contributed by atoms with E-state index in [9.17, 15) is 9.90 Å².